The molecule has 0 spiro atoms. The molecule has 2 rings (SSSR count). The van der Waals surface area contributed by atoms with Crippen LogP contribution in [0.5, 0.6) is 0 Å². The maximum atomic E-state index is 12.3. The van der Waals surface area contributed by atoms with Gasteiger partial charge in [-0.2, -0.15) is 13.9 Å². The zero-order valence-corrected chi connectivity index (χ0v) is 9.64. The minimum absolute atomic E-state index is 0.403. The SMILES string of the molecule is CC(C)c1ccc(-c2cnn(C(F)F)c2)nc1. The van der Waals surface area contributed by atoms with E-state index < -0.39 is 6.55 Å². The van der Waals surface area contributed by atoms with Gasteiger partial charge >= 0.3 is 6.55 Å². The average molecular weight is 237 g/mol. The summed E-state index contributed by atoms with van der Waals surface area (Å²) in [6.45, 7) is 1.54. The van der Waals surface area contributed by atoms with Gasteiger partial charge in [-0.15, -0.1) is 0 Å². The molecule has 0 unspecified atom stereocenters. The Hall–Kier alpha value is -1.78. The third-order valence-electron chi connectivity index (χ3n) is 2.55. The van der Waals surface area contributed by atoms with Crippen LogP contribution in [-0.2, 0) is 0 Å². The van der Waals surface area contributed by atoms with E-state index in [-0.39, 0.29) is 0 Å². The lowest BCUT2D eigenvalue weighted by Crippen LogP contribution is -1.96. The standard InChI is InChI=1S/C12H13F2N3/c1-8(2)9-3-4-11(15-5-9)10-6-16-17(7-10)12(13)14/h3-8,12H,1-2H3. The van der Waals surface area contributed by atoms with Crippen molar-refractivity contribution < 1.29 is 8.78 Å². The summed E-state index contributed by atoms with van der Waals surface area (Å²) in [5, 5.41) is 3.58. The van der Waals surface area contributed by atoms with Crippen molar-refractivity contribution in [2.24, 2.45) is 0 Å². The number of rotatable bonds is 3. The minimum atomic E-state index is -2.61. The molecule has 5 heteroatoms. The van der Waals surface area contributed by atoms with E-state index >= 15 is 0 Å². The van der Waals surface area contributed by atoms with Gasteiger partial charge in [0.1, 0.15) is 0 Å². The Balaban J connectivity index is 2.27. The van der Waals surface area contributed by atoms with Crippen molar-refractivity contribution in [3.05, 3.63) is 36.3 Å². The van der Waals surface area contributed by atoms with Crippen molar-refractivity contribution in [1.29, 1.82) is 0 Å². The molecule has 2 aromatic rings. The average Bonchev–Trinajstić information content (AvgIpc) is 2.78. The number of aromatic nitrogens is 3. The molecule has 0 aromatic carbocycles. The molecule has 0 aliphatic heterocycles. The van der Waals surface area contributed by atoms with Gasteiger partial charge in [-0.25, -0.2) is 4.68 Å². The van der Waals surface area contributed by atoms with Gasteiger partial charge in [-0.1, -0.05) is 19.9 Å². The van der Waals surface area contributed by atoms with Crippen molar-refractivity contribution in [3.63, 3.8) is 0 Å². The van der Waals surface area contributed by atoms with Crippen molar-refractivity contribution >= 4 is 0 Å². The minimum Gasteiger partial charge on any atom is -0.256 e. The van der Waals surface area contributed by atoms with E-state index in [1.54, 1.807) is 6.20 Å². The third-order valence-corrected chi connectivity index (χ3v) is 2.55. The first-order chi connectivity index (χ1) is 8.08. The van der Waals surface area contributed by atoms with Crippen molar-refractivity contribution in [2.45, 2.75) is 26.3 Å². The van der Waals surface area contributed by atoms with Crippen LogP contribution >= 0.6 is 0 Å². The van der Waals surface area contributed by atoms with Crippen LogP contribution in [0.15, 0.2) is 30.7 Å². The van der Waals surface area contributed by atoms with Crippen molar-refractivity contribution in [3.8, 4) is 11.3 Å². The van der Waals surface area contributed by atoms with Gasteiger partial charge in [0.2, 0.25) is 0 Å². The number of nitrogens with zero attached hydrogens (tertiary/aromatic N) is 3. The molecule has 0 amide bonds. The second-order valence-electron chi connectivity index (χ2n) is 4.12. The fourth-order valence-electron chi connectivity index (χ4n) is 1.49. The molecule has 0 bridgehead atoms. The predicted molar refractivity (Wildman–Crippen MR) is 60.8 cm³/mol. The highest BCUT2D eigenvalue weighted by Gasteiger charge is 2.09. The van der Waals surface area contributed by atoms with Gasteiger partial charge in [0.15, 0.2) is 0 Å². The maximum Gasteiger partial charge on any atom is 0.333 e. The molecule has 0 N–H and O–H groups in total. The van der Waals surface area contributed by atoms with E-state index in [2.05, 4.69) is 23.9 Å². The van der Waals surface area contributed by atoms with Crippen LogP contribution in [0.25, 0.3) is 11.3 Å². The summed E-state index contributed by atoms with van der Waals surface area (Å²) in [5.41, 5.74) is 2.37. The summed E-state index contributed by atoms with van der Waals surface area (Å²) < 4.78 is 25.3. The molecule has 90 valence electrons. The summed E-state index contributed by atoms with van der Waals surface area (Å²) in [6, 6.07) is 3.77. The Morgan fingerprint density at radius 1 is 1.18 bits per heavy atom. The topological polar surface area (TPSA) is 30.7 Å². The Bertz CT molecular complexity index is 489. The van der Waals surface area contributed by atoms with Crippen LogP contribution in [-0.4, -0.2) is 14.8 Å². The third kappa shape index (κ3) is 2.49. The van der Waals surface area contributed by atoms with E-state index in [1.807, 2.05) is 12.1 Å². The molecule has 2 aromatic heterocycles. The summed E-state index contributed by atoms with van der Waals surface area (Å²) in [7, 11) is 0. The van der Waals surface area contributed by atoms with Crippen LogP contribution < -0.4 is 0 Å². The van der Waals surface area contributed by atoms with Crippen LogP contribution in [0.3, 0.4) is 0 Å². The summed E-state index contributed by atoms with van der Waals surface area (Å²) in [5.74, 6) is 0.403. The first kappa shape index (κ1) is 11.7. The number of hydrogen-bond donors (Lipinski definition) is 0. The van der Waals surface area contributed by atoms with Gasteiger partial charge in [0.05, 0.1) is 11.9 Å². The number of pyridine rings is 1. The van der Waals surface area contributed by atoms with Crippen molar-refractivity contribution in [2.75, 3.05) is 0 Å². The molecule has 3 nitrogen and oxygen atoms in total. The van der Waals surface area contributed by atoms with Crippen molar-refractivity contribution in [1.82, 2.24) is 14.8 Å². The highest BCUT2D eigenvalue weighted by Crippen LogP contribution is 2.21. The molecule has 0 radical (unpaired) electrons. The highest BCUT2D eigenvalue weighted by molar-refractivity contribution is 5.56. The molecular formula is C12H13F2N3. The first-order valence-electron chi connectivity index (χ1n) is 5.36. The number of halogens is 2. The lowest BCUT2D eigenvalue weighted by atomic mass is 10.1. The summed E-state index contributed by atoms with van der Waals surface area (Å²) in [6.07, 6.45) is 4.45. The number of hydrogen-bond acceptors (Lipinski definition) is 2. The van der Waals surface area contributed by atoms with E-state index in [4.69, 9.17) is 0 Å². The second-order valence-corrected chi connectivity index (χ2v) is 4.12. The second kappa shape index (κ2) is 4.61. The lowest BCUT2D eigenvalue weighted by Gasteiger charge is -2.04. The molecule has 0 saturated carbocycles. The van der Waals surface area contributed by atoms with E-state index in [1.165, 1.54) is 12.4 Å². The first-order valence-corrected chi connectivity index (χ1v) is 5.36. The summed E-state index contributed by atoms with van der Waals surface area (Å²) in [4.78, 5) is 4.24. The quantitative estimate of drug-likeness (QED) is 0.818. The van der Waals surface area contributed by atoms with E-state index in [9.17, 15) is 8.78 Å². The van der Waals surface area contributed by atoms with Gasteiger partial charge in [-0.3, -0.25) is 4.98 Å². The van der Waals surface area contributed by atoms with E-state index in [0.29, 0.717) is 21.9 Å². The Labute approximate surface area is 98.1 Å². The molecule has 0 aliphatic rings. The fourth-order valence-corrected chi connectivity index (χ4v) is 1.49. The Morgan fingerprint density at radius 3 is 2.41 bits per heavy atom. The predicted octanol–water partition coefficient (Wildman–Crippen LogP) is 3.46. The van der Waals surface area contributed by atoms with Crippen LogP contribution in [0, 0.1) is 0 Å². The molecule has 0 saturated heterocycles. The lowest BCUT2D eigenvalue weighted by molar-refractivity contribution is 0.0566. The van der Waals surface area contributed by atoms with Crippen LogP contribution in [0.1, 0.15) is 31.9 Å². The van der Waals surface area contributed by atoms with Gasteiger partial charge < -0.3 is 0 Å². The monoisotopic (exact) mass is 237 g/mol. The van der Waals surface area contributed by atoms with Gasteiger partial charge in [0.25, 0.3) is 0 Å². The number of alkyl halides is 2. The van der Waals surface area contributed by atoms with Crippen LogP contribution in [0.4, 0.5) is 8.78 Å². The van der Waals surface area contributed by atoms with Gasteiger partial charge in [-0.05, 0) is 17.5 Å². The summed E-state index contributed by atoms with van der Waals surface area (Å²) >= 11 is 0. The normalized spacial score (nSPS) is 11.4. The zero-order chi connectivity index (χ0) is 12.4. The molecule has 2 heterocycles. The van der Waals surface area contributed by atoms with E-state index in [0.717, 1.165) is 5.56 Å². The molecular weight excluding hydrogens is 224 g/mol. The Kier molecular flexibility index (Phi) is 3.17. The molecule has 0 atom stereocenters. The maximum absolute atomic E-state index is 12.3. The molecule has 0 fully saturated rings. The highest BCUT2D eigenvalue weighted by atomic mass is 19.3. The Morgan fingerprint density at radius 2 is 1.94 bits per heavy atom. The van der Waals surface area contributed by atoms with Crippen LogP contribution in [0.2, 0.25) is 0 Å². The smallest absolute Gasteiger partial charge is 0.256 e. The van der Waals surface area contributed by atoms with Gasteiger partial charge in [0, 0.05) is 18.0 Å². The molecule has 0 aliphatic carbocycles. The zero-order valence-electron chi connectivity index (χ0n) is 9.64. The fraction of sp³-hybridized carbons (Fsp3) is 0.333. The molecule has 17 heavy (non-hydrogen) atoms. The largest absolute Gasteiger partial charge is 0.333 e.